The minimum atomic E-state index is -0.366. The van der Waals surface area contributed by atoms with Crippen LogP contribution in [0.3, 0.4) is 0 Å². The van der Waals surface area contributed by atoms with Gasteiger partial charge < -0.3 is 18.9 Å². The molecule has 41 heavy (non-hydrogen) atoms. The molecule has 0 spiro atoms. The van der Waals surface area contributed by atoms with E-state index in [-0.39, 0.29) is 24.9 Å². The summed E-state index contributed by atoms with van der Waals surface area (Å²) in [5.74, 6) is 7.96. The van der Waals surface area contributed by atoms with Crippen LogP contribution in [0, 0.1) is 11.8 Å². The average molecular weight is 548 g/mol. The highest BCUT2D eigenvalue weighted by Gasteiger charge is 2.30. The van der Waals surface area contributed by atoms with Crippen LogP contribution in [0.15, 0.2) is 72.8 Å². The van der Waals surface area contributed by atoms with Crippen LogP contribution in [0.25, 0.3) is 32.8 Å². The first-order valence-electron chi connectivity index (χ1n) is 13.4. The minimum absolute atomic E-state index is 0.203. The molecule has 1 saturated heterocycles. The Bertz CT molecular complexity index is 1820. The largest absolute Gasteiger partial charge is 0.497 e. The SMILES string of the molecule is COc1ccc2cc(C#Cc3c(-c4ccc5cc(OC)ccc5c4)nnn3[C@H]3CC[C@@H](COC(C)=O)O3)ccc2c1. The van der Waals surface area contributed by atoms with Crippen molar-refractivity contribution in [2.24, 2.45) is 0 Å². The molecule has 5 aromatic rings. The van der Waals surface area contributed by atoms with E-state index in [9.17, 15) is 4.79 Å². The number of benzene rings is 4. The summed E-state index contributed by atoms with van der Waals surface area (Å²) in [6.07, 6.45) is 0.880. The molecule has 6 rings (SSSR count). The number of ether oxygens (including phenoxy) is 4. The fraction of sp³-hybridized carbons (Fsp3) is 0.242. The first-order valence-corrected chi connectivity index (χ1v) is 13.4. The molecule has 8 heteroatoms. The van der Waals surface area contributed by atoms with E-state index in [1.807, 2.05) is 60.7 Å². The van der Waals surface area contributed by atoms with E-state index in [1.165, 1.54) is 6.92 Å². The first kappa shape index (κ1) is 26.4. The second-order valence-electron chi connectivity index (χ2n) is 9.93. The Kier molecular flexibility index (Phi) is 7.28. The number of carbonyl (C=O) groups excluding carboxylic acids is 1. The number of hydrogen-bond donors (Lipinski definition) is 0. The summed E-state index contributed by atoms with van der Waals surface area (Å²) in [5, 5.41) is 13.3. The third-order valence-corrected chi connectivity index (χ3v) is 7.22. The van der Waals surface area contributed by atoms with Crippen molar-refractivity contribution < 1.29 is 23.7 Å². The zero-order valence-corrected chi connectivity index (χ0v) is 23.1. The van der Waals surface area contributed by atoms with Crippen LogP contribution in [0.5, 0.6) is 11.5 Å². The summed E-state index contributed by atoms with van der Waals surface area (Å²) in [6.45, 7) is 1.61. The van der Waals surface area contributed by atoms with Crippen LogP contribution in [0.2, 0.25) is 0 Å². The van der Waals surface area contributed by atoms with E-state index >= 15 is 0 Å². The van der Waals surface area contributed by atoms with Crippen molar-refractivity contribution in [1.82, 2.24) is 15.0 Å². The maximum atomic E-state index is 11.3. The predicted molar refractivity (Wildman–Crippen MR) is 156 cm³/mol. The van der Waals surface area contributed by atoms with Crippen molar-refractivity contribution in [2.75, 3.05) is 20.8 Å². The Hall–Kier alpha value is -4.87. The molecular formula is C33H29N3O5. The topological polar surface area (TPSA) is 84.7 Å². The molecule has 206 valence electrons. The second-order valence-corrected chi connectivity index (χ2v) is 9.93. The molecule has 0 saturated carbocycles. The molecule has 1 fully saturated rings. The van der Waals surface area contributed by atoms with E-state index < -0.39 is 0 Å². The predicted octanol–water partition coefficient (Wildman–Crippen LogP) is 5.91. The molecule has 2 heterocycles. The van der Waals surface area contributed by atoms with Crippen molar-refractivity contribution in [2.45, 2.75) is 32.1 Å². The van der Waals surface area contributed by atoms with Crippen LogP contribution in [0.1, 0.15) is 37.3 Å². The lowest BCUT2D eigenvalue weighted by Crippen LogP contribution is -2.19. The molecule has 0 radical (unpaired) electrons. The lowest BCUT2D eigenvalue weighted by molar-refractivity contribution is -0.145. The van der Waals surface area contributed by atoms with Crippen molar-refractivity contribution in [1.29, 1.82) is 0 Å². The minimum Gasteiger partial charge on any atom is -0.497 e. The van der Waals surface area contributed by atoms with Crippen LogP contribution in [-0.4, -0.2) is 47.9 Å². The molecule has 0 unspecified atom stereocenters. The van der Waals surface area contributed by atoms with E-state index in [0.717, 1.165) is 50.6 Å². The summed E-state index contributed by atoms with van der Waals surface area (Å²) in [5.41, 5.74) is 3.10. The van der Waals surface area contributed by atoms with Gasteiger partial charge in [-0.25, -0.2) is 4.68 Å². The molecule has 8 nitrogen and oxygen atoms in total. The van der Waals surface area contributed by atoms with E-state index in [0.29, 0.717) is 17.8 Å². The van der Waals surface area contributed by atoms with Crippen LogP contribution in [-0.2, 0) is 14.3 Å². The molecule has 0 N–H and O–H groups in total. The third kappa shape index (κ3) is 5.58. The third-order valence-electron chi connectivity index (χ3n) is 7.22. The standard InChI is InChI=1S/C33H29N3O5/c1-21(37)40-20-30-13-15-32(41-30)36-31(14-5-22-4-6-25-18-28(38-2)11-9-23(25)16-22)33(34-35-36)27-8-7-26-19-29(39-3)12-10-24(26)17-27/h4,6-12,16-19,30,32H,13,15,20H2,1-3H3/t30-,32+/m0/s1. The number of nitrogens with zero attached hydrogens (tertiary/aromatic N) is 3. The number of hydrogen-bond acceptors (Lipinski definition) is 7. The molecule has 1 aliphatic rings. The number of methoxy groups -OCH3 is 2. The van der Waals surface area contributed by atoms with Gasteiger partial charge in [-0.15, -0.1) is 5.10 Å². The zero-order valence-electron chi connectivity index (χ0n) is 23.1. The van der Waals surface area contributed by atoms with Gasteiger partial charge in [0.05, 0.1) is 20.3 Å². The van der Waals surface area contributed by atoms with Crippen LogP contribution in [0.4, 0.5) is 0 Å². The first-order chi connectivity index (χ1) is 20.0. The molecule has 0 amide bonds. The fourth-order valence-corrected chi connectivity index (χ4v) is 5.06. The molecule has 1 aliphatic heterocycles. The van der Waals surface area contributed by atoms with Gasteiger partial charge in [0.15, 0.2) is 6.23 Å². The fourth-order valence-electron chi connectivity index (χ4n) is 5.06. The summed E-state index contributed by atoms with van der Waals surface area (Å²) in [4.78, 5) is 11.3. The maximum absolute atomic E-state index is 11.3. The molecular weight excluding hydrogens is 518 g/mol. The Labute approximate surface area is 237 Å². The summed E-state index contributed by atoms with van der Waals surface area (Å²) < 4.78 is 23.9. The Balaban J connectivity index is 1.38. The van der Waals surface area contributed by atoms with Crippen molar-refractivity contribution in [3.05, 3.63) is 84.1 Å². The molecule has 1 aromatic heterocycles. The maximum Gasteiger partial charge on any atom is 0.302 e. The van der Waals surface area contributed by atoms with Gasteiger partial charge in [0.2, 0.25) is 0 Å². The normalized spacial score (nSPS) is 16.4. The molecule has 0 bridgehead atoms. The number of aromatic nitrogens is 3. The summed E-state index contributed by atoms with van der Waals surface area (Å²) in [7, 11) is 3.32. The lowest BCUT2D eigenvalue weighted by atomic mass is 10.0. The number of fused-ring (bicyclic) bond motifs is 2. The van der Waals surface area contributed by atoms with Gasteiger partial charge in [-0.05, 0) is 82.8 Å². The van der Waals surface area contributed by atoms with Crippen molar-refractivity contribution >= 4 is 27.5 Å². The molecule has 4 aromatic carbocycles. The quantitative estimate of drug-likeness (QED) is 0.193. The Morgan fingerprint density at radius 2 is 1.54 bits per heavy atom. The highest BCUT2D eigenvalue weighted by atomic mass is 16.6. The van der Waals surface area contributed by atoms with Gasteiger partial charge in [0, 0.05) is 18.1 Å². The molecule has 2 atom stereocenters. The van der Waals surface area contributed by atoms with Crippen LogP contribution >= 0.6 is 0 Å². The van der Waals surface area contributed by atoms with E-state index in [4.69, 9.17) is 18.9 Å². The Morgan fingerprint density at radius 3 is 2.24 bits per heavy atom. The van der Waals surface area contributed by atoms with Gasteiger partial charge in [0.1, 0.15) is 29.5 Å². The second kappa shape index (κ2) is 11.3. The summed E-state index contributed by atoms with van der Waals surface area (Å²) in [6, 6.07) is 24.2. The lowest BCUT2D eigenvalue weighted by Gasteiger charge is -2.14. The zero-order chi connectivity index (χ0) is 28.3. The summed E-state index contributed by atoms with van der Waals surface area (Å²) >= 11 is 0. The highest BCUT2D eigenvalue weighted by Crippen LogP contribution is 2.33. The number of esters is 1. The van der Waals surface area contributed by atoms with Crippen molar-refractivity contribution in [3.63, 3.8) is 0 Å². The van der Waals surface area contributed by atoms with Gasteiger partial charge >= 0.3 is 5.97 Å². The Morgan fingerprint density at radius 1 is 0.878 bits per heavy atom. The monoisotopic (exact) mass is 547 g/mol. The average Bonchev–Trinajstić information content (AvgIpc) is 3.65. The van der Waals surface area contributed by atoms with E-state index in [1.54, 1.807) is 18.9 Å². The molecule has 0 aliphatic carbocycles. The van der Waals surface area contributed by atoms with Gasteiger partial charge in [0.25, 0.3) is 0 Å². The van der Waals surface area contributed by atoms with Gasteiger partial charge in [-0.1, -0.05) is 41.5 Å². The van der Waals surface area contributed by atoms with E-state index in [2.05, 4.69) is 34.3 Å². The van der Waals surface area contributed by atoms with Gasteiger partial charge in [-0.2, -0.15) is 0 Å². The van der Waals surface area contributed by atoms with Crippen molar-refractivity contribution in [3.8, 4) is 34.6 Å². The van der Waals surface area contributed by atoms with Crippen LogP contribution < -0.4 is 9.47 Å². The highest BCUT2D eigenvalue weighted by molar-refractivity contribution is 5.89. The smallest absolute Gasteiger partial charge is 0.302 e. The number of rotatable bonds is 6. The number of carbonyl (C=O) groups is 1. The van der Waals surface area contributed by atoms with Gasteiger partial charge in [-0.3, -0.25) is 4.79 Å².